The summed E-state index contributed by atoms with van der Waals surface area (Å²) < 4.78 is 11.0. The van der Waals surface area contributed by atoms with Gasteiger partial charge < -0.3 is 15.2 Å². The Labute approximate surface area is 117 Å². The molecule has 0 aliphatic rings. The molecule has 100 valence electrons. The van der Waals surface area contributed by atoms with Crippen molar-refractivity contribution in [2.24, 2.45) is 0 Å². The van der Waals surface area contributed by atoms with Gasteiger partial charge >= 0.3 is 0 Å². The van der Waals surface area contributed by atoms with Gasteiger partial charge in [0.05, 0.1) is 12.8 Å². The Morgan fingerprint density at radius 2 is 1.55 bits per heavy atom. The second-order valence-electron chi connectivity index (χ2n) is 4.51. The van der Waals surface area contributed by atoms with Crippen molar-refractivity contribution in [3.8, 4) is 17.2 Å². The van der Waals surface area contributed by atoms with E-state index in [4.69, 9.17) is 15.2 Å². The summed E-state index contributed by atoms with van der Waals surface area (Å²) >= 11 is 0. The van der Waals surface area contributed by atoms with E-state index < -0.39 is 0 Å². The minimum Gasteiger partial charge on any atom is -0.497 e. The number of methoxy groups -OCH3 is 1. The third kappa shape index (κ3) is 2.38. The molecule has 0 saturated heterocycles. The Hall–Kier alpha value is -2.68. The van der Waals surface area contributed by atoms with Gasteiger partial charge in [-0.25, -0.2) is 0 Å². The number of nitrogens with two attached hydrogens (primary N) is 1. The summed E-state index contributed by atoms with van der Waals surface area (Å²) in [6, 6.07) is 19.5. The SMILES string of the molecule is COc1ccc(Oc2ccc3ccccc3c2)c(N)c1. The molecule has 0 amide bonds. The summed E-state index contributed by atoms with van der Waals surface area (Å²) in [5, 5.41) is 2.32. The molecule has 2 N–H and O–H groups in total. The highest BCUT2D eigenvalue weighted by Crippen LogP contribution is 2.31. The van der Waals surface area contributed by atoms with E-state index in [1.807, 2.05) is 42.5 Å². The molecule has 0 heterocycles. The lowest BCUT2D eigenvalue weighted by Gasteiger charge is -2.10. The minimum atomic E-state index is 0.553. The second-order valence-corrected chi connectivity index (χ2v) is 4.51. The van der Waals surface area contributed by atoms with E-state index in [0.29, 0.717) is 17.2 Å². The van der Waals surface area contributed by atoms with E-state index in [9.17, 15) is 0 Å². The third-order valence-electron chi connectivity index (χ3n) is 3.17. The molecule has 3 aromatic rings. The van der Waals surface area contributed by atoms with E-state index in [1.54, 1.807) is 13.2 Å². The van der Waals surface area contributed by atoms with Crippen LogP contribution in [0.4, 0.5) is 5.69 Å². The fourth-order valence-electron chi connectivity index (χ4n) is 2.10. The van der Waals surface area contributed by atoms with E-state index in [2.05, 4.69) is 12.1 Å². The van der Waals surface area contributed by atoms with Gasteiger partial charge in [-0.05, 0) is 35.0 Å². The summed E-state index contributed by atoms with van der Waals surface area (Å²) in [6.45, 7) is 0. The van der Waals surface area contributed by atoms with Crippen LogP contribution >= 0.6 is 0 Å². The van der Waals surface area contributed by atoms with Crippen molar-refractivity contribution in [1.82, 2.24) is 0 Å². The fraction of sp³-hybridized carbons (Fsp3) is 0.0588. The van der Waals surface area contributed by atoms with Crippen molar-refractivity contribution in [3.05, 3.63) is 60.7 Å². The number of hydrogen-bond donors (Lipinski definition) is 1. The fourth-order valence-corrected chi connectivity index (χ4v) is 2.10. The summed E-state index contributed by atoms with van der Waals surface area (Å²) in [4.78, 5) is 0. The quantitative estimate of drug-likeness (QED) is 0.721. The number of fused-ring (bicyclic) bond motifs is 1. The van der Waals surface area contributed by atoms with Gasteiger partial charge in [-0.15, -0.1) is 0 Å². The molecule has 3 aromatic carbocycles. The Balaban J connectivity index is 1.92. The lowest BCUT2D eigenvalue weighted by molar-refractivity contribution is 0.413. The maximum absolute atomic E-state index is 5.95. The third-order valence-corrected chi connectivity index (χ3v) is 3.17. The van der Waals surface area contributed by atoms with Crippen molar-refractivity contribution in [2.45, 2.75) is 0 Å². The topological polar surface area (TPSA) is 44.5 Å². The number of rotatable bonds is 3. The maximum Gasteiger partial charge on any atom is 0.150 e. The largest absolute Gasteiger partial charge is 0.497 e. The Bertz CT molecular complexity index is 753. The second kappa shape index (κ2) is 5.13. The van der Waals surface area contributed by atoms with Crippen LogP contribution in [0.3, 0.4) is 0 Å². The van der Waals surface area contributed by atoms with Gasteiger partial charge in [0.15, 0.2) is 5.75 Å². The van der Waals surface area contributed by atoms with E-state index in [0.717, 1.165) is 11.1 Å². The predicted molar refractivity (Wildman–Crippen MR) is 81.4 cm³/mol. The molecule has 3 rings (SSSR count). The average molecular weight is 265 g/mol. The van der Waals surface area contributed by atoms with Gasteiger partial charge in [0.2, 0.25) is 0 Å². The zero-order valence-electron chi connectivity index (χ0n) is 11.2. The number of benzene rings is 3. The molecule has 0 fully saturated rings. The number of anilines is 1. The summed E-state index contributed by atoms with van der Waals surface area (Å²) in [7, 11) is 1.61. The maximum atomic E-state index is 5.95. The van der Waals surface area contributed by atoms with Crippen molar-refractivity contribution in [1.29, 1.82) is 0 Å². The Morgan fingerprint density at radius 3 is 2.30 bits per heavy atom. The van der Waals surface area contributed by atoms with Gasteiger partial charge in [0.1, 0.15) is 11.5 Å². The molecule has 0 aliphatic heterocycles. The highest BCUT2D eigenvalue weighted by Gasteiger charge is 2.04. The minimum absolute atomic E-state index is 0.553. The molecule has 0 atom stereocenters. The number of ether oxygens (including phenoxy) is 2. The van der Waals surface area contributed by atoms with Gasteiger partial charge in [-0.3, -0.25) is 0 Å². The lowest BCUT2D eigenvalue weighted by atomic mass is 10.1. The molecule has 0 radical (unpaired) electrons. The molecule has 0 bridgehead atoms. The van der Waals surface area contributed by atoms with E-state index >= 15 is 0 Å². The van der Waals surface area contributed by atoms with Crippen LogP contribution in [-0.4, -0.2) is 7.11 Å². The van der Waals surface area contributed by atoms with Crippen molar-refractivity contribution < 1.29 is 9.47 Å². The Kier molecular flexibility index (Phi) is 3.17. The number of nitrogen functional groups attached to an aromatic ring is 1. The van der Waals surface area contributed by atoms with Crippen LogP contribution < -0.4 is 15.2 Å². The van der Waals surface area contributed by atoms with Gasteiger partial charge in [-0.1, -0.05) is 30.3 Å². The van der Waals surface area contributed by atoms with Crippen molar-refractivity contribution in [2.75, 3.05) is 12.8 Å². The van der Waals surface area contributed by atoms with Gasteiger partial charge in [0, 0.05) is 6.07 Å². The normalized spacial score (nSPS) is 10.4. The molecule has 0 spiro atoms. The molecule has 0 unspecified atom stereocenters. The summed E-state index contributed by atoms with van der Waals surface area (Å²) in [5.74, 6) is 2.11. The monoisotopic (exact) mass is 265 g/mol. The van der Waals surface area contributed by atoms with Crippen LogP contribution in [0.5, 0.6) is 17.2 Å². The molecule has 0 saturated carbocycles. The van der Waals surface area contributed by atoms with Crippen LogP contribution in [0.1, 0.15) is 0 Å². The zero-order chi connectivity index (χ0) is 13.9. The van der Waals surface area contributed by atoms with Crippen LogP contribution in [0.2, 0.25) is 0 Å². The van der Waals surface area contributed by atoms with Crippen LogP contribution in [0, 0.1) is 0 Å². The molecule has 3 nitrogen and oxygen atoms in total. The highest BCUT2D eigenvalue weighted by molar-refractivity contribution is 5.83. The molecule has 0 aliphatic carbocycles. The first-order chi connectivity index (χ1) is 9.76. The first-order valence-corrected chi connectivity index (χ1v) is 6.36. The van der Waals surface area contributed by atoms with E-state index in [1.165, 1.54) is 5.39 Å². The molecule has 0 aromatic heterocycles. The summed E-state index contributed by atoms with van der Waals surface area (Å²) in [6.07, 6.45) is 0. The summed E-state index contributed by atoms with van der Waals surface area (Å²) in [5.41, 5.74) is 6.51. The zero-order valence-corrected chi connectivity index (χ0v) is 11.2. The van der Waals surface area contributed by atoms with Gasteiger partial charge in [-0.2, -0.15) is 0 Å². The standard InChI is InChI=1S/C17H15NO2/c1-19-14-8-9-17(16(18)11-14)20-15-7-6-12-4-2-3-5-13(12)10-15/h2-11H,18H2,1H3. The lowest BCUT2D eigenvalue weighted by Crippen LogP contribution is -1.93. The van der Waals surface area contributed by atoms with Crippen molar-refractivity contribution >= 4 is 16.5 Å². The van der Waals surface area contributed by atoms with Crippen molar-refractivity contribution in [3.63, 3.8) is 0 Å². The molecule has 20 heavy (non-hydrogen) atoms. The average Bonchev–Trinajstić information content (AvgIpc) is 2.49. The molecular weight excluding hydrogens is 250 g/mol. The highest BCUT2D eigenvalue weighted by atomic mass is 16.5. The van der Waals surface area contributed by atoms with Crippen LogP contribution in [-0.2, 0) is 0 Å². The molecular formula is C17H15NO2. The first kappa shape index (κ1) is 12.4. The van der Waals surface area contributed by atoms with Crippen LogP contribution in [0.15, 0.2) is 60.7 Å². The van der Waals surface area contributed by atoms with Gasteiger partial charge in [0.25, 0.3) is 0 Å². The molecule has 3 heteroatoms. The Morgan fingerprint density at radius 1 is 0.800 bits per heavy atom. The predicted octanol–water partition coefficient (Wildman–Crippen LogP) is 4.22. The number of hydrogen-bond acceptors (Lipinski definition) is 3. The van der Waals surface area contributed by atoms with E-state index in [-0.39, 0.29) is 0 Å². The van der Waals surface area contributed by atoms with Crippen LogP contribution in [0.25, 0.3) is 10.8 Å². The smallest absolute Gasteiger partial charge is 0.150 e. The first-order valence-electron chi connectivity index (χ1n) is 6.36.